The van der Waals surface area contributed by atoms with Crippen LogP contribution in [0, 0.1) is 6.92 Å². The molecule has 6 nitrogen and oxygen atoms in total. The Kier molecular flexibility index (Phi) is 5.26. The van der Waals surface area contributed by atoms with Gasteiger partial charge in [-0.1, -0.05) is 29.0 Å². The van der Waals surface area contributed by atoms with Crippen molar-refractivity contribution in [1.82, 2.24) is 4.98 Å². The Labute approximate surface area is 183 Å². The molecule has 8 heteroatoms. The van der Waals surface area contributed by atoms with E-state index in [1.165, 1.54) is 11.3 Å². The molecule has 0 N–H and O–H groups in total. The Morgan fingerprint density at radius 2 is 2.13 bits per heavy atom. The maximum absolute atomic E-state index is 13.4. The second-order valence-corrected chi connectivity index (χ2v) is 8.94. The third kappa shape index (κ3) is 3.73. The number of rotatable bonds is 5. The van der Waals surface area contributed by atoms with Gasteiger partial charge in [0.05, 0.1) is 29.3 Å². The molecule has 0 saturated carbocycles. The van der Waals surface area contributed by atoms with Gasteiger partial charge in [-0.2, -0.15) is 0 Å². The normalized spacial score (nSPS) is 17.6. The number of carbonyl (C=O) groups is 1. The molecule has 1 aromatic heterocycles. The van der Waals surface area contributed by atoms with Gasteiger partial charge in [-0.3, -0.25) is 9.69 Å². The Morgan fingerprint density at radius 1 is 1.27 bits per heavy atom. The van der Waals surface area contributed by atoms with Crippen molar-refractivity contribution in [2.75, 3.05) is 24.8 Å². The van der Waals surface area contributed by atoms with Gasteiger partial charge >= 0.3 is 0 Å². The van der Waals surface area contributed by atoms with Crippen LogP contribution in [0.15, 0.2) is 30.3 Å². The monoisotopic (exact) mass is 444 g/mol. The van der Waals surface area contributed by atoms with Crippen LogP contribution >= 0.6 is 22.9 Å². The summed E-state index contributed by atoms with van der Waals surface area (Å²) in [6, 6.07) is 9.45. The first kappa shape index (κ1) is 19.6. The van der Waals surface area contributed by atoms with Crippen molar-refractivity contribution in [2.24, 2.45) is 0 Å². The van der Waals surface area contributed by atoms with Crippen molar-refractivity contribution in [3.63, 3.8) is 0 Å². The highest BCUT2D eigenvalue weighted by atomic mass is 35.5. The zero-order valence-electron chi connectivity index (χ0n) is 16.5. The minimum absolute atomic E-state index is 0.0211. The minimum atomic E-state index is -0.0211. The van der Waals surface area contributed by atoms with E-state index in [-0.39, 0.29) is 25.2 Å². The lowest BCUT2D eigenvalue weighted by atomic mass is 10.1. The molecule has 2 aliphatic heterocycles. The lowest BCUT2D eigenvalue weighted by Crippen LogP contribution is -2.38. The number of hydrogen-bond acceptors (Lipinski definition) is 6. The van der Waals surface area contributed by atoms with E-state index < -0.39 is 0 Å². The van der Waals surface area contributed by atoms with Gasteiger partial charge in [-0.25, -0.2) is 4.98 Å². The maximum atomic E-state index is 13.4. The first-order valence-electron chi connectivity index (χ1n) is 9.94. The van der Waals surface area contributed by atoms with Crippen LogP contribution in [0.2, 0.25) is 5.02 Å². The van der Waals surface area contributed by atoms with Crippen LogP contribution in [-0.2, 0) is 16.0 Å². The molecule has 0 aliphatic carbocycles. The molecule has 0 bridgehead atoms. The van der Waals surface area contributed by atoms with E-state index in [4.69, 9.17) is 30.8 Å². The standard InChI is InChI=1S/C22H21ClN2O4S/c1-13-16(23)5-7-19-21(13)24-22(30-19)25(11-15-3-2-8-27-15)20(26)10-14-4-6-17-18(9-14)29-12-28-17/h4-7,9,15H,2-3,8,10-12H2,1H3/t15-/m0/s1. The van der Waals surface area contributed by atoms with Crippen molar-refractivity contribution < 1.29 is 19.0 Å². The molecular weight excluding hydrogens is 424 g/mol. The second kappa shape index (κ2) is 8.06. The fourth-order valence-corrected chi connectivity index (χ4v) is 5.01. The number of ether oxygens (including phenoxy) is 3. The average molecular weight is 445 g/mol. The van der Waals surface area contributed by atoms with Gasteiger partial charge in [-0.05, 0) is 55.2 Å². The average Bonchev–Trinajstić information content (AvgIpc) is 3.49. The molecule has 3 heterocycles. The molecule has 3 aromatic rings. The smallest absolute Gasteiger partial charge is 0.233 e. The van der Waals surface area contributed by atoms with Crippen LogP contribution in [0.4, 0.5) is 5.13 Å². The molecule has 2 aliphatic rings. The highest BCUT2D eigenvalue weighted by Gasteiger charge is 2.27. The second-order valence-electron chi connectivity index (χ2n) is 7.52. The van der Waals surface area contributed by atoms with E-state index in [0.29, 0.717) is 28.2 Å². The molecule has 2 aromatic carbocycles. The van der Waals surface area contributed by atoms with E-state index in [1.807, 2.05) is 37.3 Å². The number of halogens is 1. The van der Waals surface area contributed by atoms with Gasteiger partial charge in [0.1, 0.15) is 0 Å². The summed E-state index contributed by atoms with van der Waals surface area (Å²) in [4.78, 5) is 19.9. The molecule has 5 rings (SSSR count). The molecule has 1 fully saturated rings. The first-order valence-corrected chi connectivity index (χ1v) is 11.1. The Hall–Kier alpha value is -2.35. The van der Waals surface area contributed by atoms with E-state index >= 15 is 0 Å². The number of benzene rings is 2. The van der Waals surface area contributed by atoms with E-state index in [9.17, 15) is 4.79 Å². The number of nitrogens with zero attached hydrogens (tertiary/aromatic N) is 2. The molecule has 0 spiro atoms. The Balaban J connectivity index is 1.45. The van der Waals surface area contributed by atoms with Gasteiger partial charge in [0.15, 0.2) is 16.6 Å². The van der Waals surface area contributed by atoms with Crippen LogP contribution in [0.1, 0.15) is 24.0 Å². The van der Waals surface area contributed by atoms with Crippen LogP contribution in [-0.4, -0.2) is 36.9 Å². The predicted molar refractivity (Wildman–Crippen MR) is 117 cm³/mol. The van der Waals surface area contributed by atoms with Gasteiger partial charge in [-0.15, -0.1) is 0 Å². The third-order valence-corrected chi connectivity index (χ3v) is 6.92. The topological polar surface area (TPSA) is 60.9 Å². The molecule has 0 radical (unpaired) electrons. The van der Waals surface area contributed by atoms with Crippen molar-refractivity contribution in [2.45, 2.75) is 32.3 Å². The van der Waals surface area contributed by atoms with Crippen molar-refractivity contribution in [3.05, 3.63) is 46.5 Å². The fraction of sp³-hybridized carbons (Fsp3) is 0.364. The Morgan fingerprint density at radius 3 is 2.97 bits per heavy atom. The summed E-state index contributed by atoms with van der Waals surface area (Å²) >= 11 is 7.78. The highest BCUT2D eigenvalue weighted by molar-refractivity contribution is 7.22. The van der Waals surface area contributed by atoms with Crippen molar-refractivity contribution in [3.8, 4) is 11.5 Å². The maximum Gasteiger partial charge on any atom is 0.233 e. The summed E-state index contributed by atoms with van der Waals surface area (Å²) in [5, 5.41) is 1.35. The van der Waals surface area contributed by atoms with Crippen molar-refractivity contribution >= 4 is 44.2 Å². The van der Waals surface area contributed by atoms with Crippen molar-refractivity contribution in [1.29, 1.82) is 0 Å². The summed E-state index contributed by atoms with van der Waals surface area (Å²) in [6.07, 6.45) is 2.24. The number of anilines is 1. The summed E-state index contributed by atoms with van der Waals surface area (Å²) in [6.45, 7) is 3.40. The minimum Gasteiger partial charge on any atom is -0.454 e. The number of amides is 1. The molecule has 156 valence electrons. The fourth-order valence-electron chi connectivity index (χ4n) is 3.80. The van der Waals surface area contributed by atoms with E-state index in [1.54, 1.807) is 4.90 Å². The Bertz CT molecular complexity index is 1110. The number of aryl methyl sites for hydroxylation is 1. The van der Waals surface area contributed by atoms with Crippen LogP contribution in [0.25, 0.3) is 10.2 Å². The van der Waals surface area contributed by atoms with Gasteiger partial charge in [0.25, 0.3) is 0 Å². The predicted octanol–water partition coefficient (Wildman–Crippen LogP) is 4.74. The summed E-state index contributed by atoms with van der Waals surface area (Å²) in [5.41, 5.74) is 2.65. The summed E-state index contributed by atoms with van der Waals surface area (Å²) in [5.74, 6) is 1.37. The van der Waals surface area contributed by atoms with E-state index in [0.717, 1.165) is 40.8 Å². The first-order chi connectivity index (χ1) is 14.6. The molecule has 1 saturated heterocycles. The zero-order valence-corrected chi connectivity index (χ0v) is 18.1. The molecule has 1 atom stereocenters. The number of hydrogen-bond donors (Lipinski definition) is 0. The molecule has 30 heavy (non-hydrogen) atoms. The number of aromatic nitrogens is 1. The largest absolute Gasteiger partial charge is 0.454 e. The van der Waals surface area contributed by atoms with Gasteiger partial charge < -0.3 is 14.2 Å². The third-order valence-electron chi connectivity index (χ3n) is 5.47. The van der Waals surface area contributed by atoms with Crippen LogP contribution in [0.3, 0.4) is 0 Å². The zero-order chi connectivity index (χ0) is 20.7. The SMILES string of the molecule is Cc1c(Cl)ccc2sc(N(C[C@@H]3CCCO3)C(=O)Cc3ccc4c(c3)OCO4)nc12. The molecule has 0 unspecified atom stereocenters. The van der Waals surface area contributed by atoms with E-state index in [2.05, 4.69) is 0 Å². The molecular formula is C22H21ClN2O4S. The van der Waals surface area contributed by atoms with Crippen LogP contribution in [0.5, 0.6) is 11.5 Å². The quantitative estimate of drug-likeness (QED) is 0.568. The van der Waals surface area contributed by atoms with Crippen LogP contribution < -0.4 is 14.4 Å². The summed E-state index contributed by atoms with van der Waals surface area (Å²) in [7, 11) is 0. The van der Waals surface area contributed by atoms with Gasteiger partial charge in [0.2, 0.25) is 12.7 Å². The van der Waals surface area contributed by atoms with Gasteiger partial charge in [0, 0.05) is 11.6 Å². The molecule has 1 amide bonds. The number of carbonyl (C=O) groups excluding carboxylic acids is 1. The lowest BCUT2D eigenvalue weighted by molar-refractivity contribution is -0.118. The number of thiazole rings is 1. The lowest BCUT2D eigenvalue weighted by Gasteiger charge is -2.23. The number of fused-ring (bicyclic) bond motifs is 2. The summed E-state index contributed by atoms with van der Waals surface area (Å²) < 4.78 is 17.6. The highest BCUT2D eigenvalue weighted by Crippen LogP contribution is 2.35.